The number of halogens is 1. The SMILES string of the molecule is CC(=O)NC1CCN(c2cc(-c3cc4ccccc4o3)cc(-c3cc(Cl)c(C)cc3O)n2)C1. The minimum Gasteiger partial charge on any atom is -0.507 e. The molecule has 2 aromatic heterocycles. The molecule has 0 radical (unpaired) electrons. The van der Waals surface area contributed by atoms with Crippen molar-refractivity contribution in [3.8, 4) is 28.3 Å². The fourth-order valence-corrected chi connectivity index (χ4v) is 4.49. The number of pyridine rings is 1. The summed E-state index contributed by atoms with van der Waals surface area (Å²) in [5.74, 6) is 1.56. The Bertz CT molecular complexity index is 1330. The molecule has 2 N–H and O–H groups in total. The normalized spacial score (nSPS) is 15.8. The second-order valence-electron chi connectivity index (χ2n) is 8.50. The van der Waals surface area contributed by atoms with Gasteiger partial charge in [-0.25, -0.2) is 4.98 Å². The van der Waals surface area contributed by atoms with Crippen LogP contribution in [0, 0.1) is 6.92 Å². The number of aryl methyl sites for hydroxylation is 1. The van der Waals surface area contributed by atoms with Crippen molar-refractivity contribution in [2.24, 2.45) is 0 Å². The predicted octanol–water partition coefficient (Wildman–Crippen LogP) is 5.54. The molecule has 1 unspecified atom stereocenters. The number of para-hydroxylation sites is 1. The number of fused-ring (bicyclic) bond motifs is 1. The van der Waals surface area contributed by atoms with Crippen LogP contribution in [-0.4, -0.2) is 35.1 Å². The van der Waals surface area contributed by atoms with Gasteiger partial charge in [-0.3, -0.25) is 4.79 Å². The Balaban J connectivity index is 1.62. The Labute approximate surface area is 196 Å². The first-order valence-electron chi connectivity index (χ1n) is 10.9. The van der Waals surface area contributed by atoms with E-state index in [1.54, 1.807) is 12.1 Å². The largest absolute Gasteiger partial charge is 0.507 e. The molecule has 0 saturated carbocycles. The number of phenols is 1. The predicted molar refractivity (Wildman–Crippen MR) is 131 cm³/mol. The Morgan fingerprint density at radius 2 is 2.03 bits per heavy atom. The zero-order valence-electron chi connectivity index (χ0n) is 18.4. The molecule has 168 valence electrons. The van der Waals surface area contributed by atoms with Gasteiger partial charge in [0.1, 0.15) is 22.9 Å². The molecule has 7 heteroatoms. The van der Waals surface area contributed by atoms with Crippen molar-refractivity contribution in [2.45, 2.75) is 26.3 Å². The van der Waals surface area contributed by atoms with Crippen LogP contribution in [0.1, 0.15) is 18.9 Å². The summed E-state index contributed by atoms with van der Waals surface area (Å²) >= 11 is 6.37. The minimum absolute atomic E-state index is 0.0363. The minimum atomic E-state index is -0.0363. The quantitative estimate of drug-likeness (QED) is 0.417. The molecule has 3 heterocycles. The lowest BCUT2D eigenvalue weighted by atomic mass is 10.0. The van der Waals surface area contributed by atoms with E-state index in [-0.39, 0.29) is 17.7 Å². The van der Waals surface area contributed by atoms with Gasteiger partial charge in [0.2, 0.25) is 5.91 Å². The average molecular weight is 462 g/mol. The molecular weight excluding hydrogens is 438 g/mol. The molecule has 1 amide bonds. The molecule has 4 aromatic rings. The Hall–Kier alpha value is -3.51. The molecule has 6 nitrogen and oxygen atoms in total. The van der Waals surface area contributed by atoms with Crippen molar-refractivity contribution in [1.82, 2.24) is 10.3 Å². The summed E-state index contributed by atoms with van der Waals surface area (Å²) < 4.78 is 6.12. The van der Waals surface area contributed by atoms with Crippen LogP contribution >= 0.6 is 11.6 Å². The zero-order chi connectivity index (χ0) is 23.1. The van der Waals surface area contributed by atoms with Crippen molar-refractivity contribution < 1.29 is 14.3 Å². The monoisotopic (exact) mass is 461 g/mol. The van der Waals surface area contributed by atoms with Gasteiger partial charge in [0.15, 0.2) is 0 Å². The van der Waals surface area contributed by atoms with Crippen LogP contribution in [0.5, 0.6) is 5.75 Å². The molecule has 0 aliphatic carbocycles. The summed E-state index contributed by atoms with van der Waals surface area (Å²) in [6.07, 6.45) is 0.840. The second kappa shape index (κ2) is 8.45. The molecule has 1 aliphatic rings. The number of furan rings is 1. The van der Waals surface area contributed by atoms with E-state index in [1.165, 1.54) is 6.92 Å². The molecule has 0 bridgehead atoms. The number of carbonyl (C=O) groups excluding carboxylic acids is 1. The van der Waals surface area contributed by atoms with Gasteiger partial charge in [0.25, 0.3) is 0 Å². The number of benzene rings is 2. The van der Waals surface area contributed by atoms with Gasteiger partial charge in [-0.15, -0.1) is 0 Å². The van der Waals surface area contributed by atoms with Gasteiger partial charge in [-0.05, 0) is 55.3 Å². The molecule has 33 heavy (non-hydrogen) atoms. The molecule has 1 atom stereocenters. The highest BCUT2D eigenvalue weighted by atomic mass is 35.5. The lowest BCUT2D eigenvalue weighted by Crippen LogP contribution is -2.35. The van der Waals surface area contributed by atoms with Crippen molar-refractivity contribution in [2.75, 3.05) is 18.0 Å². The van der Waals surface area contributed by atoms with Crippen LogP contribution in [-0.2, 0) is 4.79 Å². The summed E-state index contributed by atoms with van der Waals surface area (Å²) in [6.45, 7) is 4.81. The number of phenolic OH excluding ortho intramolecular Hbond substituents is 1. The number of aromatic nitrogens is 1. The van der Waals surface area contributed by atoms with E-state index in [1.807, 2.05) is 49.4 Å². The number of carbonyl (C=O) groups is 1. The lowest BCUT2D eigenvalue weighted by Gasteiger charge is -2.20. The van der Waals surface area contributed by atoms with E-state index < -0.39 is 0 Å². The Morgan fingerprint density at radius 1 is 1.21 bits per heavy atom. The van der Waals surface area contributed by atoms with Crippen molar-refractivity contribution in [3.63, 3.8) is 0 Å². The number of rotatable bonds is 4. The summed E-state index contributed by atoms with van der Waals surface area (Å²) in [5.41, 5.74) is 3.61. The van der Waals surface area contributed by atoms with Gasteiger partial charge >= 0.3 is 0 Å². The fraction of sp³-hybridized carbons (Fsp3) is 0.231. The maximum atomic E-state index is 11.5. The molecular formula is C26H24ClN3O3. The summed E-state index contributed by atoms with van der Waals surface area (Å²) in [7, 11) is 0. The van der Waals surface area contributed by atoms with Crippen LogP contribution in [0.4, 0.5) is 5.82 Å². The summed E-state index contributed by atoms with van der Waals surface area (Å²) in [6, 6.07) is 17.2. The topological polar surface area (TPSA) is 78.6 Å². The molecule has 0 spiro atoms. The number of nitrogens with zero attached hydrogens (tertiary/aromatic N) is 2. The average Bonchev–Trinajstić information content (AvgIpc) is 3.42. The van der Waals surface area contributed by atoms with Crippen molar-refractivity contribution in [3.05, 3.63) is 65.2 Å². The van der Waals surface area contributed by atoms with E-state index in [4.69, 9.17) is 21.0 Å². The number of amides is 1. The van der Waals surface area contributed by atoms with Crippen molar-refractivity contribution in [1.29, 1.82) is 0 Å². The van der Waals surface area contributed by atoms with Crippen molar-refractivity contribution >= 4 is 34.3 Å². The maximum Gasteiger partial charge on any atom is 0.217 e. The summed E-state index contributed by atoms with van der Waals surface area (Å²) in [5, 5.41) is 15.2. The first-order valence-corrected chi connectivity index (χ1v) is 11.3. The third-order valence-electron chi connectivity index (χ3n) is 5.99. The first kappa shape index (κ1) is 21.3. The van der Waals surface area contributed by atoms with Gasteiger partial charge in [-0.1, -0.05) is 29.8 Å². The number of aromatic hydroxyl groups is 1. The highest BCUT2D eigenvalue weighted by Crippen LogP contribution is 2.38. The van der Waals surface area contributed by atoms with Gasteiger partial charge in [-0.2, -0.15) is 0 Å². The van der Waals surface area contributed by atoms with E-state index in [9.17, 15) is 9.90 Å². The van der Waals surface area contributed by atoms with Gasteiger partial charge < -0.3 is 19.7 Å². The van der Waals surface area contributed by atoms with Crippen LogP contribution < -0.4 is 10.2 Å². The van der Waals surface area contributed by atoms with E-state index in [0.29, 0.717) is 22.8 Å². The van der Waals surface area contributed by atoms with Gasteiger partial charge in [0.05, 0.1) is 5.69 Å². The highest BCUT2D eigenvalue weighted by molar-refractivity contribution is 6.31. The molecule has 1 fully saturated rings. The summed E-state index contributed by atoms with van der Waals surface area (Å²) in [4.78, 5) is 18.5. The molecule has 1 aliphatic heterocycles. The Kier molecular flexibility index (Phi) is 5.46. The molecule has 5 rings (SSSR count). The number of anilines is 1. The number of hydrogen-bond acceptors (Lipinski definition) is 5. The van der Waals surface area contributed by atoms with Gasteiger partial charge in [0, 0.05) is 47.6 Å². The molecule has 2 aromatic carbocycles. The molecule has 1 saturated heterocycles. The third kappa shape index (κ3) is 4.26. The number of hydrogen-bond donors (Lipinski definition) is 2. The van der Waals surface area contributed by atoms with Crippen LogP contribution in [0.3, 0.4) is 0 Å². The van der Waals surface area contributed by atoms with E-state index in [0.717, 1.165) is 46.6 Å². The van der Waals surface area contributed by atoms with E-state index in [2.05, 4.69) is 10.2 Å². The first-order chi connectivity index (χ1) is 15.9. The maximum absolute atomic E-state index is 11.5. The third-order valence-corrected chi connectivity index (χ3v) is 6.40. The standard InChI is InChI=1S/C26H24ClN3O3/c1-15-9-23(32)20(13-21(15)27)22-10-18(25-11-17-5-3-4-6-24(17)33-25)12-26(29-22)30-8-7-19(14-30)28-16(2)31/h3-6,9-13,19,32H,7-8,14H2,1-2H3,(H,28,31). The number of nitrogens with one attached hydrogen (secondary N) is 1. The zero-order valence-corrected chi connectivity index (χ0v) is 19.2. The highest BCUT2D eigenvalue weighted by Gasteiger charge is 2.25. The van der Waals surface area contributed by atoms with Crippen LogP contribution in [0.2, 0.25) is 5.02 Å². The Morgan fingerprint density at radius 3 is 2.82 bits per heavy atom. The van der Waals surface area contributed by atoms with Crippen LogP contribution in [0.25, 0.3) is 33.6 Å². The van der Waals surface area contributed by atoms with Crippen LogP contribution in [0.15, 0.2) is 59.0 Å². The van der Waals surface area contributed by atoms with E-state index >= 15 is 0 Å². The second-order valence-corrected chi connectivity index (χ2v) is 8.91. The fourth-order valence-electron chi connectivity index (χ4n) is 4.33. The smallest absolute Gasteiger partial charge is 0.217 e. The lowest BCUT2D eigenvalue weighted by molar-refractivity contribution is -0.119.